The lowest BCUT2D eigenvalue weighted by molar-refractivity contribution is 0.332. The Morgan fingerprint density at radius 1 is 0.389 bits per heavy atom. The fourth-order valence-electron chi connectivity index (χ4n) is 17.0. The van der Waals surface area contributed by atoms with Crippen molar-refractivity contribution in [1.82, 2.24) is 0 Å². The molecule has 5 aliphatic rings. The zero-order valence-electron chi connectivity index (χ0n) is 58.8. The summed E-state index contributed by atoms with van der Waals surface area (Å²) in [5.41, 5.74) is 29.6. The van der Waals surface area contributed by atoms with Crippen molar-refractivity contribution in [2.24, 2.45) is 0 Å². The molecule has 464 valence electrons. The fraction of sp³-hybridized carbons (Fsp3) is 0.435. The van der Waals surface area contributed by atoms with E-state index in [1.807, 2.05) is 11.3 Å². The number of anilines is 9. The smallest absolute Gasteiger partial charge is 0.252 e. The van der Waals surface area contributed by atoms with Crippen molar-refractivity contribution in [2.75, 3.05) is 14.7 Å². The first-order valence-electron chi connectivity index (χ1n) is 34.2. The summed E-state index contributed by atoms with van der Waals surface area (Å²) in [5, 5.41) is 2.78. The van der Waals surface area contributed by atoms with Gasteiger partial charge in [0.15, 0.2) is 0 Å². The van der Waals surface area contributed by atoms with E-state index in [1.165, 1.54) is 139 Å². The topological polar surface area (TPSA) is 9.72 Å². The molecule has 0 saturated heterocycles. The van der Waals surface area contributed by atoms with Gasteiger partial charge in [0, 0.05) is 65.7 Å². The van der Waals surface area contributed by atoms with E-state index in [4.69, 9.17) is 0 Å². The van der Waals surface area contributed by atoms with E-state index in [0.717, 1.165) is 42.7 Å². The SMILES string of the molecule is Cc1cc2c(cc1N1c3cc4sc5cccc(C(C)(C)C)c5c4cc3B3c4cc5c(cc4N(c4ccc6c(c4)C(C)(C)CCC6(C)C)c4cc(N(c6ccc(C(C)(C)C)cc6)c6ccc(C(C)(C)C)cc6)cc1c43)C(C)(C)CCC5(C)C)C(C)(C)CCC2(C)C. The number of benzene rings is 8. The van der Waals surface area contributed by atoms with Crippen LogP contribution in [0.15, 0.2) is 133 Å². The van der Waals surface area contributed by atoms with E-state index in [0.29, 0.717) is 0 Å². The van der Waals surface area contributed by atoms with Crippen LogP contribution in [-0.4, -0.2) is 6.71 Å². The van der Waals surface area contributed by atoms with Gasteiger partial charge in [-0.2, -0.15) is 0 Å². The summed E-state index contributed by atoms with van der Waals surface area (Å²) in [6, 6.07) is 55.1. The van der Waals surface area contributed by atoms with Crippen molar-refractivity contribution in [3.05, 3.63) is 189 Å². The van der Waals surface area contributed by atoms with Crippen LogP contribution >= 0.6 is 11.3 Å². The third-order valence-corrected chi connectivity index (χ3v) is 24.3. The average Bonchev–Trinajstić information content (AvgIpc) is 0.844. The predicted molar refractivity (Wildman–Crippen MR) is 395 cm³/mol. The lowest BCUT2D eigenvalue weighted by Gasteiger charge is -2.48. The van der Waals surface area contributed by atoms with Gasteiger partial charge < -0.3 is 14.7 Å². The lowest BCUT2D eigenvalue weighted by Crippen LogP contribution is -2.62. The van der Waals surface area contributed by atoms with Gasteiger partial charge in [-0.25, -0.2) is 0 Å². The first kappa shape index (κ1) is 61.0. The third-order valence-electron chi connectivity index (χ3n) is 23.2. The summed E-state index contributed by atoms with van der Waals surface area (Å²) < 4.78 is 2.70. The Hall–Kier alpha value is -6.56. The zero-order chi connectivity index (χ0) is 64.3. The molecule has 0 N–H and O–H groups in total. The third kappa shape index (κ3) is 9.51. The lowest BCUT2D eigenvalue weighted by atomic mass is 9.33. The quantitative estimate of drug-likeness (QED) is 0.159. The van der Waals surface area contributed by atoms with Gasteiger partial charge in [-0.1, -0.05) is 206 Å². The highest BCUT2D eigenvalue weighted by atomic mass is 32.1. The number of thiophene rings is 1. The molecule has 5 heteroatoms. The van der Waals surface area contributed by atoms with Crippen molar-refractivity contribution in [3.63, 3.8) is 0 Å². The Morgan fingerprint density at radius 3 is 1.34 bits per heavy atom. The minimum absolute atomic E-state index is 0.00302. The van der Waals surface area contributed by atoms with E-state index in [-0.39, 0.29) is 55.4 Å². The highest BCUT2D eigenvalue weighted by molar-refractivity contribution is 7.26. The normalized spacial score (nSPS) is 19.0. The number of nitrogens with zero attached hydrogens (tertiary/aromatic N) is 3. The van der Waals surface area contributed by atoms with Gasteiger partial charge in [0.05, 0.1) is 5.69 Å². The number of hydrogen-bond donors (Lipinski definition) is 0. The maximum absolute atomic E-state index is 2.78. The summed E-state index contributed by atoms with van der Waals surface area (Å²) in [6.07, 6.45) is 6.93. The second-order valence-corrected chi connectivity index (χ2v) is 36.6. The molecule has 9 aromatic rings. The van der Waals surface area contributed by atoms with Crippen LogP contribution in [0.4, 0.5) is 51.2 Å². The number of hydrogen-bond acceptors (Lipinski definition) is 4. The maximum atomic E-state index is 2.78. The molecule has 0 fully saturated rings. The highest BCUT2D eigenvalue weighted by Crippen LogP contribution is 2.57. The fourth-order valence-corrected chi connectivity index (χ4v) is 18.1. The van der Waals surface area contributed by atoms with Gasteiger partial charge in [-0.05, 0) is 239 Å². The van der Waals surface area contributed by atoms with Crippen LogP contribution < -0.4 is 31.1 Å². The molecule has 90 heavy (non-hydrogen) atoms. The van der Waals surface area contributed by atoms with Crippen LogP contribution in [0.1, 0.15) is 240 Å². The Labute approximate surface area is 545 Å². The Balaban J connectivity index is 1.18. The molecule has 14 rings (SSSR count). The van der Waals surface area contributed by atoms with Gasteiger partial charge in [-0.3, -0.25) is 0 Å². The van der Waals surface area contributed by atoms with Crippen LogP contribution in [0, 0.1) is 6.92 Å². The summed E-state index contributed by atoms with van der Waals surface area (Å²) in [5.74, 6) is 0. The summed E-state index contributed by atoms with van der Waals surface area (Å²) >= 11 is 1.97. The molecule has 0 bridgehead atoms. The van der Waals surface area contributed by atoms with E-state index >= 15 is 0 Å². The summed E-state index contributed by atoms with van der Waals surface area (Å²) in [6.45, 7) is 53.5. The van der Waals surface area contributed by atoms with Crippen LogP contribution in [-0.2, 0) is 48.7 Å². The Morgan fingerprint density at radius 2 is 0.833 bits per heavy atom. The van der Waals surface area contributed by atoms with Crippen molar-refractivity contribution < 1.29 is 0 Å². The predicted octanol–water partition coefficient (Wildman–Crippen LogP) is 22.9. The number of aryl methyl sites for hydroxylation is 1. The van der Waals surface area contributed by atoms with Gasteiger partial charge in [0.25, 0.3) is 6.71 Å². The van der Waals surface area contributed by atoms with Gasteiger partial charge in [0.2, 0.25) is 0 Å². The van der Waals surface area contributed by atoms with Crippen LogP contribution in [0.25, 0.3) is 20.2 Å². The summed E-state index contributed by atoms with van der Waals surface area (Å²) in [7, 11) is 0. The molecule has 0 atom stereocenters. The second-order valence-electron chi connectivity index (χ2n) is 35.5. The van der Waals surface area contributed by atoms with Crippen LogP contribution in [0.3, 0.4) is 0 Å². The van der Waals surface area contributed by atoms with Gasteiger partial charge in [0.1, 0.15) is 0 Å². The molecule has 2 aliphatic heterocycles. The van der Waals surface area contributed by atoms with Crippen LogP contribution in [0.2, 0.25) is 0 Å². The van der Waals surface area contributed by atoms with Gasteiger partial charge >= 0.3 is 0 Å². The standard InChI is InChI=1S/C85H100BN3S/c1-51-42-61-64(84(19,20)40-38-81(61,13)14)48-68(51)89-70-50-74-58(75-60(79(8,9)10)24-23-25-73(75)90-74)46-66(70)86-67-47-63-65(85(21,22)41-39-83(63,17)18)49-69(67)88(56-34-35-59-62(43-56)82(15,16)37-36-80(59,11)12)71-44-57(45-72(89)76(71)86)87(54-30-26-52(27-31-54)77(2,3)4)55-32-28-53(29-33-55)78(5,6)7/h23-35,42-50H,36-41H2,1-22H3. The first-order chi connectivity index (χ1) is 41.9. The van der Waals surface area contributed by atoms with Crippen molar-refractivity contribution >= 4 is 106 Å². The maximum Gasteiger partial charge on any atom is 0.252 e. The molecule has 0 amide bonds. The molecule has 0 saturated carbocycles. The molecule has 1 aromatic heterocycles. The zero-order valence-corrected chi connectivity index (χ0v) is 59.6. The molecule has 3 aliphatic carbocycles. The largest absolute Gasteiger partial charge is 0.311 e. The molecule has 3 nitrogen and oxygen atoms in total. The Kier molecular flexibility index (Phi) is 13.4. The number of fused-ring (bicyclic) bond motifs is 10. The van der Waals surface area contributed by atoms with Crippen molar-refractivity contribution in [1.29, 1.82) is 0 Å². The Bertz CT molecular complexity index is 4380. The molecule has 0 unspecified atom stereocenters. The van der Waals surface area contributed by atoms with Gasteiger partial charge in [-0.15, -0.1) is 11.3 Å². The van der Waals surface area contributed by atoms with E-state index in [9.17, 15) is 0 Å². The molecule has 0 radical (unpaired) electrons. The molecule has 8 aromatic carbocycles. The van der Waals surface area contributed by atoms with Crippen LogP contribution in [0.5, 0.6) is 0 Å². The van der Waals surface area contributed by atoms with E-state index in [1.54, 1.807) is 0 Å². The summed E-state index contributed by atoms with van der Waals surface area (Å²) in [4.78, 5) is 8.14. The monoisotopic (exact) mass is 1210 g/mol. The molecular weight excluding hydrogens is 1110 g/mol. The first-order valence-corrected chi connectivity index (χ1v) is 35.0. The van der Waals surface area contributed by atoms with Crippen molar-refractivity contribution in [3.8, 4) is 0 Å². The van der Waals surface area contributed by atoms with E-state index in [2.05, 4.69) is 300 Å². The van der Waals surface area contributed by atoms with Crippen molar-refractivity contribution in [2.45, 2.75) is 240 Å². The molecular formula is C85H100BN3S. The van der Waals surface area contributed by atoms with E-state index < -0.39 is 0 Å². The second kappa shape index (κ2) is 19.7. The minimum Gasteiger partial charge on any atom is -0.311 e. The molecule has 0 spiro atoms. The minimum atomic E-state index is -0.0827. The number of rotatable bonds is 5. The average molecular weight is 1210 g/mol. The highest BCUT2D eigenvalue weighted by Gasteiger charge is 2.49. The molecule has 3 heterocycles.